The van der Waals surface area contributed by atoms with Crippen molar-refractivity contribution in [3.63, 3.8) is 0 Å². The minimum absolute atomic E-state index is 0.630. The summed E-state index contributed by atoms with van der Waals surface area (Å²) < 4.78 is 2.12. The number of fused-ring (bicyclic) bond motifs is 1. The maximum Gasteiger partial charge on any atom is 0.191 e. The third-order valence-electron chi connectivity index (χ3n) is 4.14. The molecule has 25 heavy (non-hydrogen) atoms. The number of hydrogen-bond acceptors (Lipinski definition) is 2. The van der Waals surface area contributed by atoms with Gasteiger partial charge in [0.05, 0.1) is 24.1 Å². The number of aromatic nitrogens is 2. The Kier molecular flexibility index (Phi) is 5.33. The third kappa shape index (κ3) is 4.18. The Bertz CT molecular complexity index is 879. The molecule has 3 aromatic rings. The Labute approximate surface area is 148 Å². The molecule has 0 bridgehead atoms. The summed E-state index contributed by atoms with van der Waals surface area (Å²) in [5, 5.41) is 6.67. The average molecular weight is 335 g/mol. The van der Waals surface area contributed by atoms with Gasteiger partial charge in [0.15, 0.2) is 5.96 Å². The summed E-state index contributed by atoms with van der Waals surface area (Å²) in [6.45, 7) is 6.27. The van der Waals surface area contributed by atoms with Crippen LogP contribution in [0.1, 0.15) is 23.9 Å². The van der Waals surface area contributed by atoms with Gasteiger partial charge >= 0.3 is 0 Å². The van der Waals surface area contributed by atoms with Crippen molar-refractivity contribution in [3.8, 4) is 0 Å². The molecule has 0 atom stereocenters. The number of rotatable bonds is 5. The van der Waals surface area contributed by atoms with E-state index in [1.165, 1.54) is 11.1 Å². The molecule has 0 unspecified atom stereocenters. The lowest BCUT2D eigenvalue weighted by atomic mass is 10.1. The molecule has 0 saturated carbocycles. The summed E-state index contributed by atoms with van der Waals surface area (Å²) in [4.78, 5) is 9.37. The highest BCUT2D eigenvalue weighted by atomic mass is 15.2. The van der Waals surface area contributed by atoms with Gasteiger partial charge in [-0.2, -0.15) is 0 Å². The first-order valence-corrected chi connectivity index (χ1v) is 8.65. The first-order valence-electron chi connectivity index (χ1n) is 8.65. The van der Waals surface area contributed by atoms with Crippen molar-refractivity contribution in [3.05, 3.63) is 65.5 Å². The van der Waals surface area contributed by atoms with Crippen LogP contribution in [0.3, 0.4) is 0 Å². The molecule has 0 aliphatic heterocycles. The molecule has 0 aliphatic rings. The molecule has 0 radical (unpaired) electrons. The molecule has 2 aromatic carbocycles. The lowest BCUT2D eigenvalue weighted by Crippen LogP contribution is -2.37. The fourth-order valence-corrected chi connectivity index (χ4v) is 2.84. The fraction of sp³-hybridized carbons (Fsp3) is 0.300. The predicted molar refractivity (Wildman–Crippen MR) is 104 cm³/mol. The number of aryl methyl sites for hydroxylation is 2. The number of guanidine groups is 1. The van der Waals surface area contributed by atoms with Crippen molar-refractivity contribution in [1.82, 2.24) is 20.2 Å². The summed E-state index contributed by atoms with van der Waals surface area (Å²) in [5.74, 6) is 1.79. The second kappa shape index (κ2) is 7.83. The van der Waals surface area contributed by atoms with Crippen molar-refractivity contribution in [1.29, 1.82) is 0 Å². The number of aliphatic imine (C=N–C) groups is 1. The van der Waals surface area contributed by atoms with Crippen molar-refractivity contribution >= 4 is 17.0 Å². The van der Waals surface area contributed by atoms with Crippen molar-refractivity contribution in [2.24, 2.45) is 12.0 Å². The highest BCUT2D eigenvalue weighted by Gasteiger charge is 2.07. The normalized spacial score (nSPS) is 11.7. The van der Waals surface area contributed by atoms with E-state index in [2.05, 4.69) is 64.4 Å². The number of benzene rings is 2. The quantitative estimate of drug-likeness (QED) is 0.556. The molecule has 0 amide bonds. The molecule has 0 spiro atoms. The Morgan fingerprint density at radius 1 is 1.12 bits per heavy atom. The van der Waals surface area contributed by atoms with Crippen LogP contribution < -0.4 is 10.6 Å². The summed E-state index contributed by atoms with van der Waals surface area (Å²) in [5.41, 5.74) is 4.62. The monoisotopic (exact) mass is 335 g/mol. The van der Waals surface area contributed by atoms with Gasteiger partial charge in [0.25, 0.3) is 0 Å². The van der Waals surface area contributed by atoms with Gasteiger partial charge in [0.1, 0.15) is 5.82 Å². The summed E-state index contributed by atoms with van der Waals surface area (Å²) in [6, 6.07) is 16.6. The highest BCUT2D eigenvalue weighted by Crippen LogP contribution is 2.13. The first kappa shape index (κ1) is 17.0. The topological polar surface area (TPSA) is 54.2 Å². The Morgan fingerprint density at radius 2 is 1.96 bits per heavy atom. The molecular weight excluding hydrogens is 310 g/mol. The molecule has 0 saturated heterocycles. The van der Waals surface area contributed by atoms with E-state index in [-0.39, 0.29) is 0 Å². The van der Waals surface area contributed by atoms with Crippen LogP contribution in [0.15, 0.2) is 53.5 Å². The zero-order valence-corrected chi connectivity index (χ0v) is 15.1. The average Bonchev–Trinajstić information content (AvgIpc) is 2.94. The summed E-state index contributed by atoms with van der Waals surface area (Å²) in [6.07, 6.45) is 0. The summed E-state index contributed by atoms with van der Waals surface area (Å²) in [7, 11) is 2.04. The van der Waals surface area contributed by atoms with Crippen LogP contribution in [-0.4, -0.2) is 22.1 Å². The maximum atomic E-state index is 4.69. The van der Waals surface area contributed by atoms with Gasteiger partial charge in [-0.1, -0.05) is 42.0 Å². The standard InChI is InChI=1S/C20H25N5/c1-4-21-20(22-13-16-9-7-8-15(2)12-16)23-14-19-24-17-10-5-6-11-18(17)25(19)3/h5-12H,4,13-14H2,1-3H3,(H2,21,22,23). The van der Waals surface area contributed by atoms with Gasteiger partial charge in [-0.25, -0.2) is 9.98 Å². The van der Waals surface area contributed by atoms with Crippen LogP contribution >= 0.6 is 0 Å². The number of nitrogens with one attached hydrogen (secondary N) is 2. The van der Waals surface area contributed by atoms with Crippen molar-refractivity contribution < 1.29 is 0 Å². The zero-order valence-electron chi connectivity index (χ0n) is 15.1. The largest absolute Gasteiger partial charge is 0.357 e. The van der Waals surface area contributed by atoms with Crippen molar-refractivity contribution in [2.75, 3.05) is 6.54 Å². The molecule has 1 aromatic heterocycles. The van der Waals surface area contributed by atoms with Gasteiger partial charge in [-0.3, -0.25) is 0 Å². The minimum atomic E-state index is 0.630. The Balaban J connectivity index is 1.70. The second-order valence-corrected chi connectivity index (χ2v) is 6.11. The zero-order chi connectivity index (χ0) is 17.6. The van der Waals surface area contributed by atoms with E-state index in [9.17, 15) is 0 Å². The molecule has 2 N–H and O–H groups in total. The van der Waals surface area contributed by atoms with Crippen LogP contribution in [-0.2, 0) is 20.1 Å². The minimum Gasteiger partial charge on any atom is -0.357 e. The van der Waals surface area contributed by atoms with E-state index >= 15 is 0 Å². The van der Waals surface area contributed by atoms with E-state index < -0.39 is 0 Å². The lowest BCUT2D eigenvalue weighted by Gasteiger charge is -2.11. The van der Waals surface area contributed by atoms with Gasteiger partial charge in [0.2, 0.25) is 0 Å². The Hall–Kier alpha value is -2.82. The van der Waals surface area contributed by atoms with E-state index in [1.54, 1.807) is 0 Å². The Morgan fingerprint density at radius 3 is 2.72 bits per heavy atom. The highest BCUT2D eigenvalue weighted by molar-refractivity contribution is 5.80. The summed E-state index contributed by atoms with van der Waals surface area (Å²) >= 11 is 0. The number of imidazole rings is 1. The van der Waals surface area contributed by atoms with E-state index in [4.69, 9.17) is 4.98 Å². The molecule has 130 valence electrons. The number of para-hydroxylation sites is 2. The number of nitrogens with zero attached hydrogens (tertiary/aromatic N) is 3. The van der Waals surface area contributed by atoms with Crippen LogP contribution in [0.4, 0.5) is 0 Å². The maximum absolute atomic E-state index is 4.69. The predicted octanol–water partition coefficient (Wildman–Crippen LogP) is 3.14. The lowest BCUT2D eigenvalue weighted by molar-refractivity contribution is 0.738. The van der Waals surface area contributed by atoms with E-state index in [0.717, 1.165) is 29.4 Å². The molecule has 5 nitrogen and oxygen atoms in total. The number of hydrogen-bond donors (Lipinski definition) is 2. The second-order valence-electron chi connectivity index (χ2n) is 6.11. The van der Waals surface area contributed by atoms with E-state index in [0.29, 0.717) is 13.1 Å². The van der Waals surface area contributed by atoms with Gasteiger partial charge in [-0.15, -0.1) is 0 Å². The SMILES string of the molecule is CCNC(=NCc1cccc(C)c1)NCc1nc2ccccc2n1C. The van der Waals surface area contributed by atoms with Gasteiger partial charge in [0, 0.05) is 13.6 Å². The smallest absolute Gasteiger partial charge is 0.191 e. The first-order chi connectivity index (χ1) is 12.2. The molecule has 0 fully saturated rings. The molecule has 5 heteroatoms. The molecule has 3 rings (SSSR count). The van der Waals surface area contributed by atoms with Gasteiger partial charge < -0.3 is 15.2 Å². The van der Waals surface area contributed by atoms with Crippen LogP contribution in [0.2, 0.25) is 0 Å². The molecular formula is C20H25N5. The molecule has 1 heterocycles. The van der Waals surface area contributed by atoms with Crippen molar-refractivity contribution in [2.45, 2.75) is 26.9 Å². The third-order valence-corrected chi connectivity index (χ3v) is 4.14. The van der Waals surface area contributed by atoms with Crippen LogP contribution in [0.25, 0.3) is 11.0 Å². The van der Waals surface area contributed by atoms with Crippen LogP contribution in [0, 0.1) is 6.92 Å². The van der Waals surface area contributed by atoms with Crippen LogP contribution in [0.5, 0.6) is 0 Å². The fourth-order valence-electron chi connectivity index (χ4n) is 2.84. The van der Waals surface area contributed by atoms with E-state index in [1.807, 2.05) is 25.2 Å². The van der Waals surface area contributed by atoms with Gasteiger partial charge in [-0.05, 0) is 31.5 Å². The molecule has 0 aliphatic carbocycles.